The number of halogens is 1. The number of benzene rings is 1. The lowest BCUT2D eigenvalue weighted by molar-refractivity contribution is -0.131. The van der Waals surface area contributed by atoms with Crippen LogP contribution in [0.5, 0.6) is 5.75 Å². The van der Waals surface area contributed by atoms with Crippen LogP contribution in [0, 0.1) is 5.82 Å². The molecule has 4 nitrogen and oxygen atoms in total. The van der Waals surface area contributed by atoms with Crippen molar-refractivity contribution in [3.05, 3.63) is 41.7 Å². The number of carbonyl (C=O) groups is 2. The Labute approximate surface area is 91.0 Å². The third-order valence-electron chi connectivity index (χ3n) is 1.81. The summed E-state index contributed by atoms with van der Waals surface area (Å²) in [7, 11) is 1.31. The number of rotatable bonds is 4. The Morgan fingerprint density at radius 1 is 1.38 bits per heavy atom. The molecule has 5 heteroatoms. The summed E-state index contributed by atoms with van der Waals surface area (Å²) in [5.41, 5.74) is 0.0656. The lowest BCUT2D eigenvalue weighted by atomic mass is 10.1. The smallest absolute Gasteiger partial charge is 0.328 e. The third-order valence-corrected chi connectivity index (χ3v) is 1.81. The van der Waals surface area contributed by atoms with Crippen molar-refractivity contribution in [1.82, 2.24) is 0 Å². The molecule has 0 amide bonds. The largest absolute Gasteiger partial charge is 0.494 e. The number of hydrogen-bond donors (Lipinski definition) is 1. The predicted octanol–water partition coefficient (Wildman–Crippen LogP) is 1.66. The minimum absolute atomic E-state index is 0.0266. The van der Waals surface area contributed by atoms with Gasteiger partial charge < -0.3 is 9.84 Å². The van der Waals surface area contributed by atoms with Crippen molar-refractivity contribution in [3.8, 4) is 5.75 Å². The SMILES string of the molecule is COc1ccc(C(=O)/C=C/C(=O)O)cc1F. The van der Waals surface area contributed by atoms with Crippen molar-refractivity contribution in [1.29, 1.82) is 0 Å². The van der Waals surface area contributed by atoms with E-state index in [4.69, 9.17) is 5.11 Å². The van der Waals surface area contributed by atoms with Gasteiger partial charge in [0.2, 0.25) is 0 Å². The number of aliphatic carboxylic acids is 1. The van der Waals surface area contributed by atoms with E-state index >= 15 is 0 Å². The lowest BCUT2D eigenvalue weighted by Gasteiger charge is -2.02. The van der Waals surface area contributed by atoms with Gasteiger partial charge in [0, 0.05) is 11.6 Å². The van der Waals surface area contributed by atoms with E-state index in [1.807, 2.05) is 0 Å². The first kappa shape index (κ1) is 11.9. The Bertz CT molecular complexity index is 451. The number of ether oxygens (including phenoxy) is 1. The number of hydrogen-bond acceptors (Lipinski definition) is 3. The van der Waals surface area contributed by atoms with Crippen LogP contribution in [0.2, 0.25) is 0 Å². The maximum atomic E-state index is 13.2. The van der Waals surface area contributed by atoms with Gasteiger partial charge in [0.15, 0.2) is 17.3 Å². The summed E-state index contributed by atoms with van der Waals surface area (Å²) in [6, 6.07) is 3.65. The van der Waals surface area contributed by atoms with Gasteiger partial charge in [-0.05, 0) is 24.3 Å². The Morgan fingerprint density at radius 2 is 2.06 bits per heavy atom. The zero-order valence-electron chi connectivity index (χ0n) is 8.44. The lowest BCUT2D eigenvalue weighted by Crippen LogP contribution is -1.98. The summed E-state index contributed by atoms with van der Waals surface area (Å²) in [5, 5.41) is 8.31. The molecule has 0 aliphatic heterocycles. The van der Waals surface area contributed by atoms with Gasteiger partial charge in [-0.25, -0.2) is 9.18 Å². The van der Waals surface area contributed by atoms with Crippen LogP contribution in [0.3, 0.4) is 0 Å². The van der Waals surface area contributed by atoms with Crippen LogP contribution in [-0.4, -0.2) is 24.0 Å². The molecule has 0 bridgehead atoms. The van der Waals surface area contributed by atoms with Gasteiger partial charge in [0.25, 0.3) is 0 Å². The van der Waals surface area contributed by atoms with E-state index in [-0.39, 0.29) is 11.3 Å². The van der Waals surface area contributed by atoms with Crippen molar-refractivity contribution < 1.29 is 23.8 Å². The number of ketones is 1. The first-order chi connectivity index (χ1) is 7.54. The Hall–Kier alpha value is -2.17. The predicted molar refractivity (Wildman–Crippen MR) is 54.1 cm³/mol. The molecular formula is C11H9FO4. The second-order valence-electron chi connectivity index (χ2n) is 2.89. The molecular weight excluding hydrogens is 215 g/mol. The highest BCUT2D eigenvalue weighted by Gasteiger charge is 2.07. The maximum absolute atomic E-state index is 13.2. The van der Waals surface area contributed by atoms with Crippen LogP contribution in [0.1, 0.15) is 10.4 Å². The second kappa shape index (κ2) is 5.06. The van der Waals surface area contributed by atoms with E-state index in [1.54, 1.807) is 0 Å². The number of carboxylic acids is 1. The number of carboxylic acid groups (broad SMARTS) is 1. The molecule has 0 radical (unpaired) electrons. The topological polar surface area (TPSA) is 63.6 Å². The normalized spacial score (nSPS) is 10.4. The van der Waals surface area contributed by atoms with Crippen molar-refractivity contribution >= 4 is 11.8 Å². The average molecular weight is 224 g/mol. The molecule has 1 rings (SSSR count). The van der Waals surface area contributed by atoms with E-state index < -0.39 is 17.6 Å². The molecule has 0 unspecified atom stereocenters. The molecule has 84 valence electrons. The number of carbonyl (C=O) groups excluding carboxylic acids is 1. The summed E-state index contributed by atoms with van der Waals surface area (Å²) in [6.45, 7) is 0. The average Bonchev–Trinajstić information content (AvgIpc) is 2.25. The summed E-state index contributed by atoms with van der Waals surface area (Å²) < 4.78 is 17.9. The van der Waals surface area contributed by atoms with Crippen molar-refractivity contribution in [3.63, 3.8) is 0 Å². The van der Waals surface area contributed by atoms with Gasteiger partial charge >= 0.3 is 5.97 Å². The van der Waals surface area contributed by atoms with E-state index in [0.29, 0.717) is 6.08 Å². The van der Waals surface area contributed by atoms with Crippen LogP contribution < -0.4 is 4.74 Å². The highest BCUT2D eigenvalue weighted by atomic mass is 19.1. The quantitative estimate of drug-likeness (QED) is 0.624. The minimum atomic E-state index is -1.23. The van der Waals surface area contributed by atoms with Gasteiger partial charge in [-0.15, -0.1) is 0 Å². The molecule has 0 saturated heterocycles. The molecule has 16 heavy (non-hydrogen) atoms. The second-order valence-corrected chi connectivity index (χ2v) is 2.89. The fraction of sp³-hybridized carbons (Fsp3) is 0.0909. The van der Waals surface area contributed by atoms with Gasteiger partial charge in [0.1, 0.15) is 0 Å². The van der Waals surface area contributed by atoms with Gasteiger partial charge in [-0.3, -0.25) is 4.79 Å². The molecule has 0 heterocycles. The van der Waals surface area contributed by atoms with Crippen LogP contribution in [-0.2, 0) is 4.79 Å². The molecule has 0 aliphatic carbocycles. The van der Waals surface area contributed by atoms with E-state index in [9.17, 15) is 14.0 Å². The highest BCUT2D eigenvalue weighted by Crippen LogP contribution is 2.18. The standard InChI is InChI=1S/C11H9FO4/c1-16-10-4-2-7(6-8(10)12)9(13)3-5-11(14)15/h2-6H,1H3,(H,14,15)/b5-3+. The third kappa shape index (κ3) is 2.91. The Morgan fingerprint density at radius 3 is 2.56 bits per heavy atom. The van der Waals surface area contributed by atoms with Crippen LogP contribution >= 0.6 is 0 Å². The fourth-order valence-electron chi connectivity index (χ4n) is 1.06. The summed E-state index contributed by atoms with van der Waals surface area (Å²) in [6.07, 6.45) is 1.56. The first-order valence-corrected chi connectivity index (χ1v) is 4.33. The van der Waals surface area contributed by atoms with Gasteiger partial charge in [-0.1, -0.05) is 0 Å². The molecule has 0 spiro atoms. The zero-order valence-corrected chi connectivity index (χ0v) is 8.44. The maximum Gasteiger partial charge on any atom is 0.328 e. The Balaban J connectivity index is 2.93. The first-order valence-electron chi connectivity index (χ1n) is 4.33. The number of allylic oxidation sites excluding steroid dienone is 1. The molecule has 0 fully saturated rings. The van der Waals surface area contributed by atoms with Crippen LogP contribution in [0.15, 0.2) is 30.4 Å². The molecule has 1 N–H and O–H groups in total. The summed E-state index contributed by atoms with van der Waals surface area (Å²) in [5.74, 6) is -2.46. The summed E-state index contributed by atoms with van der Waals surface area (Å²) >= 11 is 0. The van der Waals surface area contributed by atoms with E-state index in [0.717, 1.165) is 12.1 Å². The van der Waals surface area contributed by atoms with Crippen LogP contribution in [0.4, 0.5) is 4.39 Å². The fourth-order valence-corrected chi connectivity index (χ4v) is 1.06. The number of methoxy groups -OCH3 is 1. The Kier molecular flexibility index (Phi) is 3.77. The highest BCUT2D eigenvalue weighted by molar-refractivity contribution is 6.06. The molecule has 0 aliphatic rings. The minimum Gasteiger partial charge on any atom is -0.494 e. The van der Waals surface area contributed by atoms with E-state index in [1.165, 1.54) is 19.2 Å². The van der Waals surface area contributed by atoms with Gasteiger partial charge in [0.05, 0.1) is 7.11 Å². The van der Waals surface area contributed by atoms with Crippen molar-refractivity contribution in [2.45, 2.75) is 0 Å². The molecule has 1 aromatic carbocycles. The summed E-state index contributed by atoms with van der Waals surface area (Å²) in [4.78, 5) is 21.5. The molecule has 0 atom stereocenters. The van der Waals surface area contributed by atoms with Crippen molar-refractivity contribution in [2.75, 3.05) is 7.11 Å². The van der Waals surface area contributed by atoms with Gasteiger partial charge in [-0.2, -0.15) is 0 Å². The van der Waals surface area contributed by atoms with Crippen LogP contribution in [0.25, 0.3) is 0 Å². The molecule has 1 aromatic rings. The van der Waals surface area contributed by atoms with E-state index in [2.05, 4.69) is 4.74 Å². The monoisotopic (exact) mass is 224 g/mol. The molecule has 0 saturated carbocycles. The van der Waals surface area contributed by atoms with Crippen molar-refractivity contribution in [2.24, 2.45) is 0 Å². The molecule has 0 aromatic heterocycles. The zero-order chi connectivity index (χ0) is 12.1.